The summed E-state index contributed by atoms with van der Waals surface area (Å²) in [5, 5.41) is 1.33. The molecule has 0 saturated carbocycles. The van der Waals surface area contributed by atoms with Crippen LogP contribution in [0.3, 0.4) is 0 Å². The van der Waals surface area contributed by atoms with Gasteiger partial charge in [-0.2, -0.15) is 9.97 Å². The van der Waals surface area contributed by atoms with Crippen molar-refractivity contribution in [2.24, 2.45) is 0 Å². The fraction of sp³-hybridized carbons (Fsp3) is 0.592. The summed E-state index contributed by atoms with van der Waals surface area (Å²) in [5.74, 6) is 2.81. The Morgan fingerprint density at radius 1 is 1.02 bits per heavy atom. The number of hydrogen-bond donors (Lipinski definition) is 0. The molecule has 4 aromatic rings. The van der Waals surface area contributed by atoms with Crippen LogP contribution < -0.4 is 14.4 Å². The maximum Gasteiger partial charge on any atom is 0.410 e. The maximum atomic E-state index is 17.9. The van der Waals surface area contributed by atoms with Crippen LogP contribution in [0.2, 0.25) is 16.6 Å². The zero-order valence-electron chi connectivity index (χ0n) is 39.4. The molecule has 0 bridgehead atoms. The number of piperidine rings is 1. The lowest BCUT2D eigenvalue weighted by Crippen LogP contribution is -2.50. The molecule has 1 amide bonds. The van der Waals surface area contributed by atoms with Gasteiger partial charge in [0.25, 0.3) is 0 Å². The van der Waals surface area contributed by atoms with Gasteiger partial charge >= 0.3 is 12.1 Å². The van der Waals surface area contributed by atoms with Gasteiger partial charge in [-0.3, -0.25) is 9.88 Å². The Morgan fingerprint density at radius 2 is 1.75 bits per heavy atom. The van der Waals surface area contributed by atoms with Crippen LogP contribution in [0.25, 0.3) is 32.9 Å². The number of rotatable bonds is 12. The summed E-state index contributed by atoms with van der Waals surface area (Å²) in [7, 11) is 0.903. The average molecular weight is 903 g/mol. The molecule has 64 heavy (non-hydrogen) atoms. The summed E-state index contributed by atoms with van der Waals surface area (Å²) in [5.41, 5.74) is 3.70. The highest BCUT2D eigenvalue weighted by Gasteiger charge is 2.49. The Labute approximate surface area is 377 Å². The number of methoxy groups -OCH3 is 1. The molecule has 3 saturated heterocycles. The molecule has 0 spiro atoms. The molecule has 346 valence electrons. The highest BCUT2D eigenvalue weighted by molar-refractivity contribution is 6.90. The van der Waals surface area contributed by atoms with Gasteiger partial charge in [-0.25, -0.2) is 18.0 Å². The van der Waals surface area contributed by atoms with Crippen molar-refractivity contribution in [1.82, 2.24) is 24.8 Å². The molecule has 0 radical (unpaired) electrons. The smallest absolute Gasteiger partial charge is 0.410 e. The molecule has 3 aliphatic heterocycles. The molecule has 3 atom stereocenters. The van der Waals surface area contributed by atoms with Crippen LogP contribution in [0.5, 0.6) is 11.8 Å². The number of ether oxygens (including phenoxy) is 4. The van der Waals surface area contributed by atoms with Gasteiger partial charge in [0.15, 0.2) is 12.6 Å². The van der Waals surface area contributed by atoms with Crippen LogP contribution in [0.15, 0.2) is 30.5 Å². The first-order valence-corrected chi connectivity index (χ1v) is 25.0. The van der Waals surface area contributed by atoms with Crippen molar-refractivity contribution in [2.45, 2.75) is 134 Å². The number of hydrogen-bond acceptors (Lipinski definition) is 10. The lowest BCUT2D eigenvalue weighted by atomic mass is 9.95. The predicted molar refractivity (Wildman–Crippen MR) is 248 cm³/mol. The number of halogens is 3. The minimum atomic E-state index is -2.33. The standard InChI is InChI=1S/C49H65F3N6O5Si/c1-30(2)64(31(3)4,32(5)6)21-17-37-40(51)16-15-33-22-36(62-29-60-11)23-38(41(33)37)43-42(52)44-39(25-53-43)45(57-19-12-14-35(27-57)56(10)47(59)63-48(7,8)9)55-46(54-44)61-28-49-18-13-20-58(49)26-34(50)24-49/h15-16,22-23,25,30-32,34-35H,12-14,18-20,24,26-29H2,1-11H3/t34-,35-,49+/m1/s1. The molecule has 0 aliphatic carbocycles. The maximum absolute atomic E-state index is 17.9. The molecule has 7 rings (SSSR count). The SMILES string of the molecule is COCOc1cc(-c2ncc3c(N4CCC[C@@H](N(C)C(=O)OC(C)(C)C)C4)nc(OC[C@@]45CCCN4C[C@H](F)C5)nc3c2F)c2c(C#C[Si](C(C)C)(C(C)C)C(C)C)c(F)ccc2c1. The van der Waals surface area contributed by atoms with E-state index in [1.807, 2.05) is 25.7 Å². The minimum absolute atomic E-state index is 0.0468. The third kappa shape index (κ3) is 9.24. The number of carbonyl (C=O) groups excluding carboxylic acids is 1. The van der Waals surface area contributed by atoms with Gasteiger partial charge in [0.2, 0.25) is 0 Å². The van der Waals surface area contributed by atoms with Crippen molar-refractivity contribution in [2.75, 3.05) is 58.6 Å². The summed E-state index contributed by atoms with van der Waals surface area (Å²) in [4.78, 5) is 33.4. The average Bonchev–Trinajstić information content (AvgIpc) is 3.77. The van der Waals surface area contributed by atoms with Crippen molar-refractivity contribution in [1.29, 1.82) is 0 Å². The van der Waals surface area contributed by atoms with E-state index in [0.29, 0.717) is 76.8 Å². The van der Waals surface area contributed by atoms with E-state index in [-0.39, 0.29) is 47.8 Å². The van der Waals surface area contributed by atoms with Crippen molar-refractivity contribution < 1.29 is 36.9 Å². The molecule has 15 heteroatoms. The third-order valence-corrected chi connectivity index (χ3v) is 20.0. The van der Waals surface area contributed by atoms with E-state index in [0.717, 1.165) is 25.8 Å². The number of carbonyl (C=O) groups is 1. The van der Waals surface area contributed by atoms with E-state index in [1.165, 1.54) is 13.2 Å². The highest BCUT2D eigenvalue weighted by atomic mass is 28.3. The summed E-state index contributed by atoms with van der Waals surface area (Å²) >= 11 is 0. The molecule has 11 nitrogen and oxygen atoms in total. The molecule has 2 aromatic carbocycles. The van der Waals surface area contributed by atoms with E-state index in [9.17, 15) is 9.18 Å². The van der Waals surface area contributed by atoms with Crippen LogP contribution in [0.1, 0.15) is 100.0 Å². The second kappa shape index (κ2) is 18.7. The van der Waals surface area contributed by atoms with Crippen molar-refractivity contribution in [3.63, 3.8) is 0 Å². The zero-order chi connectivity index (χ0) is 46.3. The second-order valence-electron chi connectivity index (χ2n) is 19.9. The number of alkyl halides is 1. The molecular weight excluding hydrogens is 838 g/mol. The first kappa shape index (κ1) is 47.3. The van der Waals surface area contributed by atoms with E-state index < -0.39 is 43.1 Å². The van der Waals surface area contributed by atoms with Crippen molar-refractivity contribution >= 4 is 41.7 Å². The van der Waals surface area contributed by atoms with Gasteiger partial charge < -0.3 is 28.7 Å². The van der Waals surface area contributed by atoms with Gasteiger partial charge in [-0.05, 0) is 93.2 Å². The number of benzene rings is 2. The number of fused-ring (bicyclic) bond motifs is 3. The fourth-order valence-corrected chi connectivity index (χ4v) is 15.9. The van der Waals surface area contributed by atoms with Gasteiger partial charge in [-0.1, -0.05) is 53.5 Å². The highest BCUT2D eigenvalue weighted by Crippen LogP contribution is 2.44. The Morgan fingerprint density at radius 3 is 2.44 bits per heavy atom. The topological polar surface area (TPSA) is 102 Å². The Kier molecular flexibility index (Phi) is 13.8. The largest absolute Gasteiger partial charge is 0.468 e. The zero-order valence-corrected chi connectivity index (χ0v) is 40.4. The second-order valence-corrected chi connectivity index (χ2v) is 25.5. The van der Waals surface area contributed by atoms with Crippen LogP contribution in [-0.2, 0) is 9.47 Å². The lowest BCUT2D eigenvalue weighted by Gasteiger charge is -2.39. The Hall–Kier alpha value is -4.65. The van der Waals surface area contributed by atoms with Gasteiger partial charge in [0, 0.05) is 57.4 Å². The first-order chi connectivity index (χ1) is 30.3. The number of anilines is 1. The van der Waals surface area contributed by atoms with Crippen molar-refractivity contribution in [3.05, 3.63) is 47.7 Å². The van der Waals surface area contributed by atoms with E-state index in [2.05, 4.69) is 57.9 Å². The number of likely N-dealkylation sites (N-methyl/N-ethyl adjacent to an activating group) is 1. The van der Waals surface area contributed by atoms with Crippen LogP contribution in [0.4, 0.5) is 23.8 Å². The lowest BCUT2D eigenvalue weighted by molar-refractivity contribution is 0.0209. The number of nitrogens with zero attached hydrogens (tertiary/aromatic N) is 6. The molecule has 3 aliphatic rings. The predicted octanol–water partition coefficient (Wildman–Crippen LogP) is 10.5. The molecular formula is C49H65F3N6O5Si. The summed E-state index contributed by atoms with van der Waals surface area (Å²) < 4.78 is 72.3. The number of aromatic nitrogens is 3. The van der Waals surface area contributed by atoms with E-state index in [1.54, 1.807) is 36.3 Å². The van der Waals surface area contributed by atoms with Crippen molar-refractivity contribution in [3.8, 4) is 34.5 Å². The Bertz CT molecular complexity index is 2410. The minimum Gasteiger partial charge on any atom is -0.468 e. The number of amides is 1. The molecule has 3 fully saturated rings. The Balaban J connectivity index is 1.40. The monoisotopic (exact) mass is 902 g/mol. The van der Waals surface area contributed by atoms with Gasteiger partial charge in [-0.15, -0.1) is 5.54 Å². The quantitative estimate of drug-likeness (QED) is 0.0776. The molecule has 5 heterocycles. The van der Waals surface area contributed by atoms with Crippen LogP contribution in [0, 0.1) is 23.1 Å². The summed E-state index contributed by atoms with van der Waals surface area (Å²) in [6.07, 6.45) is 3.62. The third-order valence-electron chi connectivity index (χ3n) is 13.7. The molecule has 0 unspecified atom stereocenters. The van der Waals surface area contributed by atoms with E-state index in [4.69, 9.17) is 33.9 Å². The van der Waals surface area contributed by atoms with E-state index >= 15 is 8.78 Å². The van der Waals surface area contributed by atoms with Crippen LogP contribution >= 0.6 is 0 Å². The normalized spacial score (nSPS) is 20.6. The molecule has 2 aromatic heterocycles. The van der Waals surface area contributed by atoms with Crippen LogP contribution in [-0.4, -0.2) is 116 Å². The first-order valence-electron chi connectivity index (χ1n) is 22.8. The fourth-order valence-electron chi connectivity index (χ4n) is 10.6. The molecule has 0 N–H and O–H groups in total. The summed E-state index contributed by atoms with van der Waals surface area (Å²) in [6.45, 7) is 20.8. The van der Waals surface area contributed by atoms with Gasteiger partial charge in [0.1, 0.15) is 55.0 Å². The number of pyridine rings is 1. The van der Waals surface area contributed by atoms with Gasteiger partial charge in [0.05, 0.1) is 22.5 Å². The summed E-state index contributed by atoms with van der Waals surface area (Å²) in [6, 6.07) is 6.15.